The fourth-order valence-electron chi connectivity index (χ4n) is 4.01. The molecule has 1 unspecified atom stereocenters. The number of ether oxygens (including phenoxy) is 2. The van der Waals surface area contributed by atoms with Crippen molar-refractivity contribution in [3.05, 3.63) is 58.9 Å². The molecule has 3 heterocycles. The van der Waals surface area contributed by atoms with Crippen LogP contribution in [0.5, 0.6) is 11.5 Å². The lowest BCUT2D eigenvalue weighted by atomic mass is 10.0. The van der Waals surface area contributed by atoms with Crippen molar-refractivity contribution < 1.29 is 13.9 Å². The second-order valence-electron chi connectivity index (χ2n) is 7.37. The molecule has 0 amide bonds. The van der Waals surface area contributed by atoms with Crippen LogP contribution in [0, 0.1) is 0 Å². The largest absolute Gasteiger partial charge is 0.490 e. The number of halogens is 1. The molecule has 0 saturated carbocycles. The summed E-state index contributed by atoms with van der Waals surface area (Å²) in [7, 11) is 0. The van der Waals surface area contributed by atoms with Crippen molar-refractivity contribution in [1.29, 1.82) is 0 Å². The third-order valence-electron chi connectivity index (χ3n) is 5.43. The molecule has 29 heavy (non-hydrogen) atoms. The second kappa shape index (κ2) is 8.05. The van der Waals surface area contributed by atoms with Crippen LogP contribution in [0.25, 0.3) is 11.5 Å². The fourth-order valence-corrected chi connectivity index (χ4v) is 4.23. The van der Waals surface area contributed by atoms with Gasteiger partial charge in [0.1, 0.15) is 0 Å². The number of benzene rings is 2. The van der Waals surface area contributed by atoms with Gasteiger partial charge in [-0.2, -0.15) is 0 Å². The van der Waals surface area contributed by atoms with Crippen LogP contribution in [0.1, 0.15) is 36.8 Å². The molecule has 0 aliphatic carbocycles. The van der Waals surface area contributed by atoms with E-state index in [0.29, 0.717) is 42.6 Å². The minimum atomic E-state index is 0.294. The quantitative estimate of drug-likeness (QED) is 0.609. The SMILES string of the molecule is Clc1ccccc1-c1nnc(CN2CCCC2c2ccc3c(c2)OCCCO3)o1. The first-order valence-corrected chi connectivity index (χ1v) is 10.4. The molecule has 0 radical (unpaired) electrons. The first-order chi connectivity index (χ1) is 14.3. The first kappa shape index (κ1) is 18.5. The molecular weight excluding hydrogens is 390 g/mol. The zero-order valence-corrected chi connectivity index (χ0v) is 16.8. The van der Waals surface area contributed by atoms with Crippen molar-refractivity contribution in [2.24, 2.45) is 0 Å². The summed E-state index contributed by atoms with van der Waals surface area (Å²) in [6, 6.07) is 14.1. The van der Waals surface area contributed by atoms with E-state index in [1.54, 1.807) is 0 Å². The summed E-state index contributed by atoms with van der Waals surface area (Å²) >= 11 is 6.25. The van der Waals surface area contributed by atoms with E-state index >= 15 is 0 Å². The molecule has 5 rings (SSSR count). The zero-order chi connectivity index (χ0) is 19.6. The minimum absolute atomic E-state index is 0.294. The van der Waals surface area contributed by atoms with Crippen LogP contribution in [-0.2, 0) is 6.54 Å². The summed E-state index contributed by atoms with van der Waals surface area (Å²) in [5.41, 5.74) is 1.99. The highest BCUT2D eigenvalue weighted by Gasteiger charge is 2.28. The Bertz CT molecular complexity index is 1010. The molecule has 1 saturated heterocycles. The van der Waals surface area contributed by atoms with Gasteiger partial charge in [0.05, 0.1) is 30.3 Å². The van der Waals surface area contributed by atoms with E-state index in [2.05, 4.69) is 27.2 Å². The molecule has 1 fully saturated rings. The van der Waals surface area contributed by atoms with E-state index in [9.17, 15) is 0 Å². The molecule has 2 aromatic carbocycles. The summed E-state index contributed by atoms with van der Waals surface area (Å²) in [6.45, 7) is 2.99. The Kier molecular flexibility index (Phi) is 5.12. The van der Waals surface area contributed by atoms with Gasteiger partial charge in [0.2, 0.25) is 11.8 Å². The lowest BCUT2D eigenvalue weighted by molar-refractivity contribution is 0.223. The normalized spacial score (nSPS) is 19.3. The Morgan fingerprint density at radius 2 is 1.86 bits per heavy atom. The smallest absolute Gasteiger partial charge is 0.249 e. The fraction of sp³-hybridized carbons (Fsp3) is 0.364. The Morgan fingerprint density at radius 1 is 1.00 bits per heavy atom. The average Bonchev–Trinajstić information content (AvgIpc) is 3.32. The monoisotopic (exact) mass is 411 g/mol. The highest BCUT2D eigenvalue weighted by molar-refractivity contribution is 6.33. The standard InChI is InChI=1S/C22H22ClN3O3/c23-17-6-2-1-5-16(17)22-25-24-21(29-22)14-26-10-3-7-18(26)15-8-9-19-20(13-15)28-12-4-11-27-19/h1-2,5-6,8-9,13,18H,3-4,7,10-12,14H2. The lowest BCUT2D eigenvalue weighted by Gasteiger charge is -2.24. The Morgan fingerprint density at radius 3 is 2.76 bits per heavy atom. The van der Waals surface area contributed by atoms with Gasteiger partial charge in [-0.3, -0.25) is 4.90 Å². The number of nitrogens with zero attached hydrogens (tertiary/aromatic N) is 3. The van der Waals surface area contributed by atoms with E-state index in [4.69, 9.17) is 25.5 Å². The molecular formula is C22H22ClN3O3. The molecule has 6 nitrogen and oxygen atoms in total. The number of likely N-dealkylation sites (tertiary alicyclic amines) is 1. The number of hydrogen-bond acceptors (Lipinski definition) is 6. The summed E-state index contributed by atoms with van der Waals surface area (Å²) in [4.78, 5) is 2.38. The van der Waals surface area contributed by atoms with Crippen LogP contribution in [0.15, 0.2) is 46.9 Å². The molecule has 150 valence electrons. The first-order valence-electron chi connectivity index (χ1n) is 9.99. The van der Waals surface area contributed by atoms with Crippen LogP contribution in [0.3, 0.4) is 0 Å². The summed E-state index contributed by atoms with van der Waals surface area (Å²) in [6.07, 6.45) is 3.13. The van der Waals surface area contributed by atoms with E-state index in [-0.39, 0.29) is 0 Å². The van der Waals surface area contributed by atoms with Crippen molar-refractivity contribution in [2.75, 3.05) is 19.8 Å². The molecule has 1 atom stereocenters. The van der Waals surface area contributed by atoms with Gasteiger partial charge in [0.15, 0.2) is 11.5 Å². The van der Waals surface area contributed by atoms with E-state index < -0.39 is 0 Å². The van der Waals surface area contributed by atoms with Crippen LogP contribution in [0.4, 0.5) is 0 Å². The third kappa shape index (κ3) is 3.82. The minimum Gasteiger partial charge on any atom is -0.490 e. The van der Waals surface area contributed by atoms with Gasteiger partial charge in [0, 0.05) is 12.5 Å². The van der Waals surface area contributed by atoms with Gasteiger partial charge >= 0.3 is 0 Å². The third-order valence-corrected chi connectivity index (χ3v) is 5.76. The van der Waals surface area contributed by atoms with Crippen molar-refractivity contribution in [3.8, 4) is 23.0 Å². The zero-order valence-electron chi connectivity index (χ0n) is 16.0. The van der Waals surface area contributed by atoms with Crippen molar-refractivity contribution in [3.63, 3.8) is 0 Å². The molecule has 0 N–H and O–H groups in total. The Balaban J connectivity index is 1.34. The Hall–Kier alpha value is -2.57. The summed E-state index contributed by atoms with van der Waals surface area (Å²) in [5, 5.41) is 9.04. The van der Waals surface area contributed by atoms with Crippen LogP contribution >= 0.6 is 11.6 Å². The van der Waals surface area contributed by atoms with Crippen LogP contribution in [-0.4, -0.2) is 34.9 Å². The topological polar surface area (TPSA) is 60.6 Å². The van der Waals surface area contributed by atoms with Gasteiger partial charge in [0.25, 0.3) is 0 Å². The Labute approximate surface area is 174 Å². The maximum absolute atomic E-state index is 6.25. The average molecular weight is 412 g/mol. The van der Waals surface area contributed by atoms with Gasteiger partial charge in [-0.1, -0.05) is 29.8 Å². The van der Waals surface area contributed by atoms with Gasteiger partial charge in [-0.05, 0) is 49.2 Å². The second-order valence-corrected chi connectivity index (χ2v) is 7.77. The number of hydrogen-bond donors (Lipinski definition) is 0. The predicted octanol–water partition coefficient (Wildman–Crippen LogP) is 4.89. The van der Waals surface area contributed by atoms with E-state index in [0.717, 1.165) is 42.9 Å². The predicted molar refractivity (Wildman–Crippen MR) is 109 cm³/mol. The number of aromatic nitrogens is 2. The van der Waals surface area contributed by atoms with Crippen LogP contribution in [0.2, 0.25) is 5.02 Å². The van der Waals surface area contributed by atoms with Crippen molar-refractivity contribution >= 4 is 11.6 Å². The molecule has 1 aromatic heterocycles. The van der Waals surface area contributed by atoms with E-state index in [1.165, 1.54) is 5.56 Å². The van der Waals surface area contributed by atoms with Gasteiger partial charge in [-0.15, -0.1) is 10.2 Å². The number of fused-ring (bicyclic) bond motifs is 1. The molecule has 3 aromatic rings. The summed E-state index contributed by atoms with van der Waals surface area (Å²) < 4.78 is 17.5. The van der Waals surface area contributed by atoms with Gasteiger partial charge < -0.3 is 13.9 Å². The van der Waals surface area contributed by atoms with Crippen molar-refractivity contribution in [2.45, 2.75) is 31.8 Å². The maximum atomic E-state index is 6.25. The maximum Gasteiger partial charge on any atom is 0.249 e. The molecule has 2 aliphatic rings. The van der Waals surface area contributed by atoms with Gasteiger partial charge in [-0.25, -0.2) is 0 Å². The summed E-state index contributed by atoms with van der Waals surface area (Å²) in [5.74, 6) is 2.72. The molecule has 0 spiro atoms. The van der Waals surface area contributed by atoms with Crippen molar-refractivity contribution in [1.82, 2.24) is 15.1 Å². The number of rotatable bonds is 4. The van der Waals surface area contributed by atoms with Crippen LogP contribution < -0.4 is 9.47 Å². The molecule has 2 aliphatic heterocycles. The highest BCUT2D eigenvalue weighted by Crippen LogP contribution is 2.38. The highest BCUT2D eigenvalue weighted by atomic mass is 35.5. The molecule has 0 bridgehead atoms. The lowest BCUT2D eigenvalue weighted by Crippen LogP contribution is -2.23. The van der Waals surface area contributed by atoms with E-state index in [1.807, 2.05) is 30.3 Å². The molecule has 7 heteroatoms.